The number of ether oxygens (including phenoxy) is 1. The van der Waals surface area contributed by atoms with Crippen LogP contribution in [0.25, 0.3) is 16.6 Å². The van der Waals surface area contributed by atoms with E-state index in [-0.39, 0.29) is 18.2 Å². The Balaban J connectivity index is 2.34. The van der Waals surface area contributed by atoms with Gasteiger partial charge in [0, 0.05) is 11.0 Å². The van der Waals surface area contributed by atoms with E-state index in [1.807, 2.05) is 0 Å². The van der Waals surface area contributed by atoms with Crippen molar-refractivity contribution < 1.29 is 13.9 Å². The van der Waals surface area contributed by atoms with Gasteiger partial charge in [0.05, 0.1) is 16.6 Å². The van der Waals surface area contributed by atoms with Crippen LogP contribution in [0.4, 0.5) is 15.1 Å². The van der Waals surface area contributed by atoms with Crippen molar-refractivity contribution in [3.8, 4) is 5.69 Å². The third-order valence-electron chi connectivity index (χ3n) is 4.07. The maximum Gasteiger partial charge on any atom is 0.417 e. The summed E-state index contributed by atoms with van der Waals surface area (Å²) in [7, 11) is 0. The summed E-state index contributed by atoms with van der Waals surface area (Å²) in [6.45, 7) is 7.21. The molecule has 2 aromatic carbocycles. The average Bonchev–Trinajstić information content (AvgIpc) is 2.60. The maximum atomic E-state index is 13.9. The van der Waals surface area contributed by atoms with Crippen LogP contribution in [0.2, 0.25) is 0 Å². The van der Waals surface area contributed by atoms with Gasteiger partial charge in [0.15, 0.2) is 0 Å². The first-order valence-electron chi connectivity index (χ1n) is 9.10. The topological polar surface area (TPSA) is 64.4 Å². The van der Waals surface area contributed by atoms with Crippen LogP contribution < -0.4 is 10.5 Å². The highest BCUT2D eigenvalue weighted by Gasteiger charge is 2.27. The van der Waals surface area contributed by atoms with E-state index in [0.717, 1.165) is 0 Å². The summed E-state index contributed by atoms with van der Waals surface area (Å²) in [6.07, 6.45) is -0.647. The second kappa shape index (κ2) is 7.94. The second-order valence-electron chi connectivity index (χ2n) is 7.39. The van der Waals surface area contributed by atoms with Gasteiger partial charge in [0.2, 0.25) is 5.95 Å². The summed E-state index contributed by atoms with van der Waals surface area (Å²) in [5.41, 5.74) is -0.481. The first-order chi connectivity index (χ1) is 13.6. The number of anilines is 1. The second-order valence-corrected chi connectivity index (χ2v) is 8.25. The third-order valence-corrected chi connectivity index (χ3v) is 4.73. The van der Waals surface area contributed by atoms with Crippen molar-refractivity contribution in [2.24, 2.45) is 0 Å². The van der Waals surface area contributed by atoms with E-state index in [2.05, 4.69) is 20.9 Å². The van der Waals surface area contributed by atoms with Gasteiger partial charge in [0.25, 0.3) is 5.56 Å². The number of rotatable bonds is 3. The number of hydrogen-bond acceptors (Lipinski definition) is 4. The predicted molar refractivity (Wildman–Crippen MR) is 114 cm³/mol. The minimum absolute atomic E-state index is 0.0583. The molecule has 0 unspecified atom stereocenters. The summed E-state index contributed by atoms with van der Waals surface area (Å²) in [6, 6.07) is 10.7. The zero-order valence-electron chi connectivity index (χ0n) is 16.6. The van der Waals surface area contributed by atoms with E-state index in [0.29, 0.717) is 15.4 Å². The van der Waals surface area contributed by atoms with Gasteiger partial charge in [-0.1, -0.05) is 12.1 Å². The van der Waals surface area contributed by atoms with Crippen molar-refractivity contribution in [2.45, 2.75) is 33.3 Å². The van der Waals surface area contributed by atoms with Crippen molar-refractivity contribution in [3.63, 3.8) is 0 Å². The highest BCUT2D eigenvalue weighted by molar-refractivity contribution is 9.10. The Morgan fingerprint density at radius 1 is 1.24 bits per heavy atom. The van der Waals surface area contributed by atoms with Crippen molar-refractivity contribution in [2.75, 3.05) is 11.4 Å². The van der Waals surface area contributed by atoms with Crippen LogP contribution in [0.1, 0.15) is 27.7 Å². The quantitative estimate of drug-likeness (QED) is 0.547. The molecule has 0 spiro atoms. The van der Waals surface area contributed by atoms with Gasteiger partial charge >= 0.3 is 6.09 Å². The van der Waals surface area contributed by atoms with Crippen LogP contribution in [0.5, 0.6) is 0 Å². The zero-order valence-corrected chi connectivity index (χ0v) is 18.2. The molecule has 0 fully saturated rings. The Hall–Kier alpha value is -2.74. The fourth-order valence-electron chi connectivity index (χ4n) is 2.88. The van der Waals surface area contributed by atoms with Gasteiger partial charge in [-0.25, -0.2) is 23.6 Å². The van der Waals surface area contributed by atoms with Gasteiger partial charge in [-0.2, -0.15) is 0 Å². The standard InChI is InChI=1S/C21H21BrFN3O3/c1-5-25(20(28)29-21(2,3)4)19-24-16-11-7-10-15(22)17(16)18(27)26(19)14-9-6-8-13(23)12-14/h6-12H,5H2,1-4H3. The summed E-state index contributed by atoms with van der Waals surface area (Å²) in [5.74, 6) is -0.448. The summed E-state index contributed by atoms with van der Waals surface area (Å²) in [4.78, 5) is 32.0. The molecule has 0 N–H and O–H groups in total. The fraction of sp³-hybridized carbons (Fsp3) is 0.286. The first kappa shape index (κ1) is 21.0. The normalized spacial score (nSPS) is 11.5. The molecule has 0 aliphatic heterocycles. The number of hydrogen-bond donors (Lipinski definition) is 0. The summed E-state index contributed by atoms with van der Waals surface area (Å²) < 4.78 is 21.2. The third kappa shape index (κ3) is 4.32. The SMILES string of the molecule is CCN(C(=O)OC(C)(C)C)c1nc2cccc(Br)c2c(=O)n1-c1cccc(F)c1. The number of carbonyl (C=O) groups is 1. The molecule has 1 amide bonds. The largest absolute Gasteiger partial charge is 0.443 e. The van der Waals surface area contributed by atoms with Crippen molar-refractivity contribution >= 4 is 38.9 Å². The summed E-state index contributed by atoms with van der Waals surface area (Å²) >= 11 is 3.38. The predicted octanol–water partition coefficient (Wildman–Crippen LogP) is 5.05. The van der Waals surface area contributed by atoms with Crippen LogP contribution in [0.15, 0.2) is 51.7 Å². The van der Waals surface area contributed by atoms with Crippen molar-refractivity contribution in [1.82, 2.24) is 9.55 Å². The van der Waals surface area contributed by atoms with E-state index in [1.165, 1.54) is 27.7 Å². The minimum Gasteiger partial charge on any atom is -0.443 e. The molecule has 0 radical (unpaired) electrons. The molecular formula is C21H21BrFN3O3. The van der Waals surface area contributed by atoms with Crippen molar-refractivity contribution in [1.29, 1.82) is 0 Å². The maximum absolute atomic E-state index is 13.9. The molecule has 3 rings (SSSR count). The lowest BCUT2D eigenvalue weighted by atomic mass is 10.2. The van der Waals surface area contributed by atoms with Gasteiger partial charge in [0.1, 0.15) is 11.4 Å². The Morgan fingerprint density at radius 3 is 2.55 bits per heavy atom. The number of benzene rings is 2. The lowest BCUT2D eigenvalue weighted by Gasteiger charge is -2.27. The molecule has 1 aromatic heterocycles. The molecule has 0 aliphatic rings. The number of fused-ring (bicyclic) bond motifs is 1. The molecule has 0 atom stereocenters. The Kier molecular flexibility index (Phi) is 5.75. The molecule has 0 bridgehead atoms. The van der Waals surface area contributed by atoms with Crippen LogP contribution in [0, 0.1) is 5.82 Å². The molecule has 0 saturated heterocycles. The van der Waals surface area contributed by atoms with E-state index < -0.39 is 23.1 Å². The fourth-order valence-corrected chi connectivity index (χ4v) is 3.40. The molecule has 6 nitrogen and oxygen atoms in total. The minimum atomic E-state index is -0.728. The first-order valence-corrected chi connectivity index (χ1v) is 9.89. The van der Waals surface area contributed by atoms with Crippen molar-refractivity contribution in [3.05, 3.63) is 63.1 Å². The van der Waals surface area contributed by atoms with Gasteiger partial charge in [-0.3, -0.25) is 4.79 Å². The number of halogens is 2. The highest BCUT2D eigenvalue weighted by Crippen LogP contribution is 2.25. The van der Waals surface area contributed by atoms with E-state index in [1.54, 1.807) is 52.0 Å². The van der Waals surface area contributed by atoms with Crippen LogP contribution in [-0.2, 0) is 4.74 Å². The number of nitrogens with zero attached hydrogens (tertiary/aromatic N) is 3. The Bertz CT molecular complexity index is 1140. The Morgan fingerprint density at radius 2 is 1.93 bits per heavy atom. The van der Waals surface area contributed by atoms with Crippen LogP contribution >= 0.6 is 15.9 Å². The monoisotopic (exact) mass is 461 g/mol. The van der Waals surface area contributed by atoms with Gasteiger partial charge < -0.3 is 4.74 Å². The smallest absolute Gasteiger partial charge is 0.417 e. The number of amides is 1. The lowest BCUT2D eigenvalue weighted by Crippen LogP contribution is -2.40. The zero-order chi connectivity index (χ0) is 21.3. The molecule has 152 valence electrons. The van der Waals surface area contributed by atoms with E-state index >= 15 is 0 Å². The molecule has 0 saturated carbocycles. The van der Waals surface area contributed by atoms with Crippen LogP contribution in [0.3, 0.4) is 0 Å². The van der Waals surface area contributed by atoms with E-state index in [4.69, 9.17) is 4.74 Å². The molecular weight excluding hydrogens is 441 g/mol. The Labute approximate surface area is 176 Å². The van der Waals surface area contributed by atoms with Gasteiger partial charge in [-0.05, 0) is 74.0 Å². The molecule has 8 heteroatoms. The molecule has 1 heterocycles. The number of aromatic nitrogens is 2. The lowest BCUT2D eigenvalue weighted by molar-refractivity contribution is 0.0579. The van der Waals surface area contributed by atoms with Crippen LogP contribution in [-0.4, -0.2) is 27.8 Å². The average molecular weight is 462 g/mol. The molecule has 3 aromatic rings. The molecule has 29 heavy (non-hydrogen) atoms. The number of carbonyl (C=O) groups excluding carboxylic acids is 1. The summed E-state index contributed by atoms with van der Waals surface area (Å²) in [5, 5.41) is 0.334. The van der Waals surface area contributed by atoms with Gasteiger partial charge in [-0.15, -0.1) is 0 Å². The van der Waals surface area contributed by atoms with E-state index in [9.17, 15) is 14.0 Å². The molecule has 0 aliphatic carbocycles. The highest BCUT2D eigenvalue weighted by atomic mass is 79.9.